The van der Waals surface area contributed by atoms with Crippen molar-refractivity contribution in [3.05, 3.63) is 64.0 Å². The lowest BCUT2D eigenvalue weighted by atomic mass is 10.0. The smallest absolute Gasteiger partial charge is 0.349 e. The van der Waals surface area contributed by atoms with Crippen LogP contribution in [-0.4, -0.2) is 45.1 Å². The molecule has 3 aromatic rings. The van der Waals surface area contributed by atoms with Crippen LogP contribution in [0, 0.1) is 17.1 Å². The van der Waals surface area contributed by atoms with Gasteiger partial charge in [-0.2, -0.15) is 10.2 Å². The zero-order valence-electron chi connectivity index (χ0n) is 17.2. The molecule has 0 bridgehead atoms. The van der Waals surface area contributed by atoms with Crippen LogP contribution in [0.25, 0.3) is 11.0 Å². The van der Waals surface area contributed by atoms with E-state index >= 15 is 0 Å². The summed E-state index contributed by atoms with van der Waals surface area (Å²) in [5, 5.41) is 9.24. The van der Waals surface area contributed by atoms with Crippen molar-refractivity contribution in [2.24, 2.45) is 7.05 Å². The van der Waals surface area contributed by atoms with Crippen LogP contribution in [-0.2, 0) is 7.05 Å². The van der Waals surface area contributed by atoms with Gasteiger partial charge in [0, 0.05) is 38.8 Å². The molecule has 7 nitrogen and oxygen atoms in total. The Morgan fingerprint density at radius 2 is 1.90 bits per heavy atom. The fraction of sp³-hybridized carbons (Fsp3) is 0.364. The first kappa shape index (κ1) is 20.0. The van der Waals surface area contributed by atoms with Crippen LogP contribution < -0.4 is 10.6 Å². The Morgan fingerprint density at radius 1 is 1.17 bits per heavy atom. The molecule has 0 spiro atoms. The summed E-state index contributed by atoms with van der Waals surface area (Å²) in [6.07, 6.45) is 0. The molecule has 8 heteroatoms. The van der Waals surface area contributed by atoms with Crippen LogP contribution in [0.3, 0.4) is 0 Å². The maximum atomic E-state index is 13.3. The summed E-state index contributed by atoms with van der Waals surface area (Å²) in [5.41, 5.74) is 2.22. The number of hydrogen-bond donors (Lipinski definition) is 0. The quantitative estimate of drug-likeness (QED) is 0.665. The molecule has 0 N–H and O–H groups in total. The number of fused-ring (bicyclic) bond motifs is 1. The first-order valence-corrected chi connectivity index (χ1v) is 9.93. The van der Waals surface area contributed by atoms with E-state index in [0.29, 0.717) is 35.6 Å². The number of aryl methyl sites for hydroxylation is 1. The van der Waals surface area contributed by atoms with E-state index in [-0.39, 0.29) is 23.6 Å². The molecule has 30 heavy (non-hydrogen) atoms. The monoisotopic (exact) mass is 406 g/mol. The van der Waals surface area contributed by atoms with E-state index in [1.54, 1.807) is 19.2 Å². The Hall–Kier alpha value is -3.31. The summed E-state index contributed by atoms with van der Waals surface area (Å²) in [7, 11) is 1.65. The predicted octanol–water partition coefficient (Wildman–Crippen LogP) is 2.61. The van der Waals surface area contributed by atoms with Gasteiger partial charge in [0.25, 0.3) is 0 Å². The lowest BCUT2D eigenvalue weighted by molar-refractivity contribution is 0.138. The van der Waals surface area contributed by atoms with Gasteiger partial charge in [0.1, 0.15) is 23.1 Å². The number of nitrogens with zero attached hydrogens (tertiary/aromatic N) is 6. The summed E-state index contributed by atoms with van der Waals surface area (Å²) in [6, 6.07) is 12.3. The van der Waals surface area contributed by atoms with E-state index in [4.69, 9.17) is 0 Å². The van der Waals surface area contributed by atoms with Crippen LogP contribution in [0.15, 0.2) is 41.2 Å². The van der Waals surface area contributed by atoms with Crippen molar-refractivity contribution >= 4 is 16.9 Å². The Balaban J connectivity index is 1.64. The summed E-state index contributed by atoms with van der Waals surface area (Å²) < 4.78 is 14.7. The molecule has 0 saturated carbocycles. The molecule has 1 aromatic carbocycles. The molecule has 3 heterocycles. The highest BCUT2D eigenvalue weighted by molar-refractivity contribution is 5.86. The molecule has 0 aliphatic carbocycles. The van der Waals surface area contributed by atoms with Crippen molar-refractivity contribution < 1.29 is 4.39 Å². The first-order chi connectivity index (χ1) is 14.4. The standard InChI is InChI=1S/C22H23FN6O/c1-14-13-28(10-11-29(14)15(2)16-4-6-17(23)7-5-16)21-20-19(27(3)22(30)26-21)9-8-18(12-24)25-20/h4-9,14-15H,10-11,13H2,1-3H3. The fourth-order valence-corrected chi connectivity index (χ4v) is 4.16. The number of piperazine rings is 1. The van der Waals surface area contributed by atoms with Crippen LogP contribution in [0.4, 0.5) is 10.2 Å². The molecule has 0 amide bonds. The second-order valence-electron chi connectivity index (χ2n) is 7.71. The van der Waals surface area contributed by atoms with E-state index in [1.807, 2.05) is 12.1 Å². The largest absolute Gasteiger partial charge is 0.352 e. The molecule has 1 saturated heterocycles. The lowest BCUT2D eigenvalue weighted by Crippen LogP contribution is -2.53. The molecule has 0 radical (unpaired) electrons. The molecular formula is C22H23FN6O. The second-order valence-corrected chi connectivity index (χ2v) is 7.71. The van der Waals surface area contributed by atoms with Gasteiger partial charge < -0.3 is 4.90 Å². The van der Waals surface area contributed by atoms with Gasteiger partial charge in [-0.1, -0.05) is 12.1 Å². The van der Waals surface area contributed by atoms with Crippen LogP contribution in [0.5, 0.6) is 0 Å². The Bertz CT molecular complexity index is 1180. The number of halogens is 1. The van der Waals surface area contributed by atoms with E-state index < -0.39 is 0 Å². The molecule has 1 fully saturated rings. The molecule has 2 aromatic heterocycles. The highest BCUT2D eigenvalue weighted by Crippen LogP contribution is 2.28. The van der Waals surface area contributed by atoms with Gasteiger partial charge in [-0.15, -0.1) is 0 Å². The SMILES string of the molecule is CC1CN(c2nc(=O)n(C)c3ccc(C#N)nc23)CCN1C(C)c1ccc(F)cc1. The number of rotatable bonds is 3. The number of nitriles is 1. The molecule has 1 aliphatic heterocycles. The van der Waals surface area contributed by atoms with Crippen molar-refractivity contribution in [2.75, 3.05) is 24.5 Å². The molecule has 154 valence electrons. The first-order valence-electron chi connectivity index (χ1n) is 9.93. The van der Waals surface area contributed by atoms with E-state index in [9.17, 15) is 14.4 Å². The number of hydrogen-bond acceptors (Lipinski definition) is 6. The minimum atomic E-state index is -0.348. The minimum absolute atomic E-state index is 0.138. The average Bonchev–Trinajstić information content (AvgIpc) is 2.76. The van der Waals surface area contributed by atoms with Gasteiger partial charge in [0.2, 0.25) is 0 Å². The van der Waals surface area contributed by atoms with Crippen molar-refractivity contribution in [3.63, 3.8) is 0 Å². The van der Waals surface area contributed by atoms with E-state index in [0.717, 1.165) is 12.1 Å². The van der Waals surface area contributed by atoms with Crippen molar-refractivity contribution in [2.45, 2.75) is 25.9 Å². The number of aromatic nitrogens is 3. The average molecular weight is 406 g/mol. The van der Waals surface area contributed by atoms with Gasteiger partial charge in [0.15, 0.2) is 5.82 Å². The summed E-state index contributed by atoms with van der Waals surface area (Å²) in [6.45, 7) is 6.34. The van der Waals surface area contributed by atoms with Gasteiger partial charge >= 0.3 is 5.69 Å². The van der Waals surface area contributed by atoms with E-state index in [1.165, 1.54) is 16.7 Å². The Morgan fingerprint density at radius 3 is 2.57 bits per heavy atom. The topological polar surface area (TPSA) is 78.0 Å². The summed E-state index contributed by atoms with van der Waals surface area (Å²) in [5.74, 6) is 0.280. The Kier molecular flexibility index (Phi) is 5.22. The zero-order valence-corrected chi connectivity index (χ0v) is 17.2. The molecule has 1 aliphatic rings. The summed E-state index contributed by atoms with van der Waals surface area (Å²) >= 11 is 0. The van der Waals surface area contributed by atoms with E-state index in [2.05, 4.69) is 39.7 Å². The van der Waals surface area contributed by atoms with Crippen molar-refractivity contribution in [1.29, 1.82) is 5.26 Å². The molecular weight excluding hydrogens is 383 g/mol. The summed E-state index contributed by atoms with van der Waals surface area (Å²) in [4.78, 5) is 25.5. The molecule has 4 rings (SSSR count). The number of anilines is 1. The lowest BCUT2D eigenvalue weighted by Gasteiger charge is -2.43. The van der Waals surface area contributed by atoms with Crippen molar-refractivity contribution in [1.82, 2.24) is 19.4 Å². The van der Waals surface area contributed by atoms with Crippen molar-refractivity contribution in [3.8, 4) is 6.07 Å². The van der Waals surface area contributed by atoms with Gasteiger partial charge in [-0.05, 0) is 43.7 Å². The maximum Gasteiger partial charge on any atom is 0.349 e. The third-order valence-electron chi connectivity index (χ3n) is 5.88. The number of benzene rings is 1. The third-order valence-corrected chi connectivity index (χ3v) is 5.88. The maximum absolute atomic E-state index is 13.3. The van der Waals surface area contributed by atoms with Crippen LogP contribution >= 0.6 is 0 Å². The molecule has 2 atom stereocenters. The predicted molar refractivity (Wildman–Crippen MR) is 113 cm³/mol. The van der Waals surface area contributed by atoms with Gasteiger partial charge in [0.05, 0.1) is 5.52 Å². The molecule has 2 unspecified atom stereocenters. The van der Waals surface area contributed by atoms with Gasteiger partial charge in [-0.3, -0.25) is 9.47 Å². The Labute approximate surface area is 174 Å². The second kappa shape index (κ2) is 7.84. The highest BCUT2D eigenvalue weighted by atomic mass is 19.1. The highest BCUT2D eigenvalue weighted by Gasteiger charge is 2.30. The third kappa shape index (κ3) is 3.53. The zero-order chi connectivity index (χ0) is 21.4. The normalized spacial score (nSPS) is 18.4. The van der Waals surface area contributed by atoms with Crippen LogP contribution in [0.1, 0.15) is 31.1 Å². The number of pyridine rings is 1. The van der Waals surface area contributed by atoms with Gasteiger partial charge in [-0.25, -0.2) is 14.2 Å². The minimum Gasteiger partial charge on any atom is -0.352 e. The fourth-order valence-electron chi connectivity index (χ4n) is 4.16. The van der Waals surface area contributed by atoms with Crippen LogP contribution in [0.2, 0.25) is 0 Å².